The summed E-state index contributed by atoms with van der Waals surface area (Å²) in [6, 6.07) is 6.84. The molecular formula is C14H15NO4S. The molecule has 106 valence electrons. The number of thiophene rings is 1. The fourth-order valence-electron chi connectivity index (χ4n) is 1.77. The van der Waals surface area contributed by atoms with Gasteiger partial charge in [-0.2, -0.15) is 0 Å². The van der Waals surface area contributed by atoms with Crippen LogP contribution in [0, 0.1) is 6.92 Å². The van der Waals surface area contributed by atoms with Crippen LogP contribution < -0.4 is 5.32 Å². The van der Waals surface area contributed by atoms with Crippen molar-refractivity contribution < 1.29 is 19.1 Å². The van der Waals surface area contributed by atoms with Crippen LogP contribution in [0.15, 0.2) is 28.7 Å². The molecule has 1 amide bonds. The minimum atomic E-state index is -0.935. The summed E-state index contributed by atoms with van der Waals surface area (Å²) in [5, 5.41) is 11.3. The van der Waals surface area contributed by atoms with Crippen LogP contribution >= 0.6 is 11.3 Å². The van der Waals surface area contributed by atoms with Crippen molar-refractivity contribution in [3.8, 4) is 10.6 Å². The molecule has 0 aromatic carbocycles. The largest absolute Gasteiger partial charge is 0.481 e. The van der Waals surface area contributed by atoms with Crippen LogP contribution in [-0.2, 0) is 4.79 Å². The van der Waals surface area contributed by atoms with E-state index >= 15 is 0 Å². The van der Waals surface area contributed by atoms with Gasteiger partial charge in [-0.15, -0.1) is 11.3 Å². The van der Waals surface area contributed by atoms with Crippen LogP contribution in [-0.4, -0.2) is 23.0 Å². The third kappa shape index (κ3) is 3.48. The second-order valence-corrected chi connectivity index (χ2v) is 5.63. The Kier molecular flexibility index (Phi) is 4.24. The third-order valence-electron chi connectivity index (χ3n) is 2.67. The Labute approximate surface area is 120 Å². The van der Waals surface area contributed by atoms with E-state index in [1.54, 1.807) is 13.0 Å². The van der Waals surface area contributed by atoms with E-state index in [-0.39, 0.29) is 12.3 Å². The van der Waals surface area contributed by atoms with Crippen molar-refractivity contribution in [1.82, 2.24) is 5.32 Å². The molecule has 0 saturated heterocycles. The van der Waals surface area contributed by atoms with Crippen LogP contribution in [0.3, 0.4) is 0 Å². The summed E-state index contributed by atoms with van der Waals surface area (Å²) in [7, 11) is 0. The second-order valence-electron chi connectivity index (χ2n) is 4.55. The van der Waals surface area contributed by atoms with Gasteiger partial charge in [-0.25, -0.2) is 0 Å². The normalized spacial score (nSPS) is 12.1. The molecule has 1 unspecified atom stereocenters. The molecule has 20 heavy (non-hydrogen) atoms. The lowest BCUT2D eigenvalue weighted by atomic mass is 10.2. The molecule has 2 aromatic rings. The highest BCUT2D eigenvalue weighted by Crippen LogP contribution is 2.29. The first kappa shape index (κ1) is 14.3. The van der Waals surface area contributed by atoms with E-state index in [1.165, 1.54) is 11.3 Å². The van der Waals surface area contributed by atoms with E-state index in [0.29, 0.717) is 4.88 Å². The van der Waals surface area contributed by atoms with Gasteiger partial charge in [0, 0.05) is 6.04 Å². The van der Waals surface area contributed by atoms with Gasteiger partial charge in [0.25, 0.3) is 5.91 Å². The van der Waals surface area contributed by atoms with Crippen molar-refractivity contribution in [3.63, 3.8) is 0 Å². The number of hydrogen-bond donors (Lipinski definition) is 2. The van der Waals surface area contributed by atoms with Crippen LogP contribution in [0.1, 0.15) is 28.8 Å². The molecule has 0 aliphatic heterocycles. The molecule has 0 bridgehead atoms. The van der Waals surface area contributed by atoms with E-state index in [4.69, 9.17) is 9.52 Å². The number of carbonyl (C=O) groups excluding carboxylic acids is 1. The van der Waals surface area contributed by atoms with Gasteiger partial charge in [-0.3, -0.25) is 9.59 Å². The first-order valence-electron chi connectivity index (χ1n) is 6.15. The summed E-state index contributed by atoms with van der Waals surface area (Å²) in [5.74, 6) is 0.341. The molecule has 2 aromatic heterocycles. The first-order chi connectivity index (χ1) is 9.45. The number of hydrogen-bond acceptors (Lipinski definition) is 4. The van der Waals surface area contributed by atoms with Gasteiger partial charge in [-0.1, -0.05) is 0 Å². The highest BCUT2D eigenvalue weighted by molar-refractivity contribution is 7.17. The Morgan fingerprint density at radius 2 is 2.10 bits per heavy atom. The van der Waals surface area contributed by atoms with E-state index in [0.717, 1.165) is 16.4 Å². The molecular weight excluding hydrogens is 278 g/mol. The van der Waals surface area contributed by atoms with Gasteiger partial charge in [-0.05, 0) is 38.1 Å². The predicted octanol–water partition coefficient (Wildman–Crippen LogP) is 2.91. The maximum atomic E-state index is 12.0. The lowest BCUT2D eigenvalue weighted by Gasteiger charge is -2.09. The lowest BCUT2D eigenvalue weighted by Crippen LogP contribution is -2.33. The average Bonchev–Trinajstić information content (AvgIpc) is 2.95. The Morgan fingerprint density at radius 3 is 2.70 bits per heavy atom. The molecule has 0 aliphatic rings. The van der Waals surface area contributed by atoms with Gasteiger partial charge < -0.3 is 14.8 Å². The number of amides is 1. The average molecular weight is 293 g/mol. The van der Waals surface area contributed by atoms with Crippen LogP contribution in [0.5, 0.6) is 0 Å². The molecule has 0 radical (unpaired) electrons. The maximum Gasteiger partial charge on any atom is 0.305 e. The number of carboxylic acids is 1. The minimum Gasteiger partial charge on any atom is -0.481 e. The number of carboxylic acid groups (broad SMARTS) is 1. The van der Waals surface area contributed by atoms with Crippen LogP contribution in [0.25, 0.3) is 10.6 Å². The Morgan fingerprint density at radius 1 is 1.35 bits per heavy atom. The van der Waals surface area contributed by atoms with Crippen molar-refractivity contribution in [3.05, 3.63) is 34.9 Å². The summed E-state index contributed by atoms with van der Waals surface area (Å²) in [4.78, 5) is 23.9. The summed E-state index contributed by atoms with van der Waals surface area (Å²) in [6.45, 7) is 3.52. The summed E-state index contributed by atoms with van der Waals surface area (Å²) in [6.07, 6.45) is -0.0959. The van der Waals surface area contributed by atoms with Gasteiger partial charge in [0.2, 0.25) is 0 Å². The number of nitrogens with one attached hydrogen (secondary N) is 1. The zero-order valence-electron chi connectivity index (χ0n) is 11.2. The Bertz CT molecular complexity index is 629. The number of carbonyl (C=O) groups is 2. The molecule has 2 heterocycles. The van der Waals surface area contributed by atoms with Crippen molar-refractivity contribution in [2.24, 2.45) is 0 Å². The monoisotopic (exact) mass is 293 g/mol. The molecule has 1 atom stereocenters. The zero-order valence-corrected chi connectivity index (χ0v) is 12.0. The minimum absolute atomic E-state index is 0.0959. The molecule has 2 rings (SSSR count). The summed E-state index contributed by atoms with van der Waals surface area (Å²) < 4.78 is 5.50. The quantitative estimate of drug-likeness (QED) is 0.888. The maximum absolute atomic E-state index is 12.0. The van der Waals surface area contributed by atoms with Crippen molar-refractivity contribution in [1.29, 1.82) is 0 Å². The van der Waals surface area contributed by atoms with E-state index < -0.39 is 12.0 Å². The number of furan rings is 1. The number of aliphatic carboxylic acids is 1. The third-order valence-corrected chi connectivity index (χ3v) is 3.77. The van der Waals surface area contributed by atoms with Gasteiger partial charge in [0.1, 0.15) is 11.5 Å². The SMILES string of the molecule is Cc1ccc(-c2ccc(C(=O)NC(C)CC(=O)O)s2)o1. The van der Waals surface area contributed by atoms with Crippen LogP contribution in [0.4, 0.5) is 0 Å². The van der Waals surface area contributed by atoms with E-state index in [1.807, 2.05) is 25.1 Å². The van der Waals surface area contributed by atoms with Crippen LogP contribution in [0.2, 0.25) is 0 Å². The van der Waals surface area contributed by atoms with Crippen molar-refractivity contribution in [2.45, 2.75) is 26.3 Å². The van der Waals surface area contributed by atoms with Gasteiger partial charge in [0.15, 0.2) is 0 Å². The molecule has 0 spiro atoms. The van der Waals surface area contributed by atoms with Crippen molar-refractivity contribution in [2.75, 3.05) is 0 Å². The fraction of sp³-hybridized carbons (Fsp3) is 0.286. The number of aryl methyl sites for hydroxylation is 1. The summed E-state index contributed by atoms with van der Waals surface area (Å²) in [5.41, 5.74) is 0. The van der Waals surface area contributed by atoms with E-state index in [9.17, 15) is 9.59 Å². The molecule has 2 N–H and O–H groups in total. The van der Waals surface area contributed by atoms with Crippen molar-refractivity contribution >= 4 is 23.2 Å². The van der Waals surface area contributed by atoms with E-state index in [2.05, 4.69) is 5.32 Å². The van der Waals surface area contributed by atoms with Gasteiger partial charge >= 0.3 is 5.97 Å². The standard InChI is InChI=1S/C14H15NO4S/c1-8(7-13(16)17)15-14(18)12-6-5-11(20-12)10-4-3-9(2)19-10/h3-6,8H,7H2,1-2H3,(H,15,18)(H,16,17). The topological polar surface area (TPSA) is 79.5 Å². The Hall–Kier alpha value is -2.08. The highest BCUT2D eigenvalue weighted by atomic mass is 32.1. The first-order valence-corrected chi connectivity index (χ1v) is 6.96. The van der Waals surface area contributed by atoms with Gasteiger partial charge in [0.05, 0.1) is 16.2 Å². The second kappa shape index (κ2) is 5.92. The fourth-order valence-corrected chi connectivity index (χ4v) is 2.64. The lowest BCUT2D eigenvalue weighted by molar-refractivity contribution is -0.137. The molecule has 0 saturated carbocycles. The predicted molar refractivity (Wildman–Crippen MR) is 75.9 cm³/mol. The molecule has 5 nitrogen and oxygen atoms in total. The highest BCUT2D eigenvalue weighted by Gasteiger charge is 2.15. The smallest absolute Gasteiger partial charge is 0.305 e. The summed E-state index contributed by atoms with van der Waals surface area (Å²) >= 11 is 1.32. The zero-order chi connectivity index (χ0) is 14.7. The Balaban J connectivity index is 2.05. The molecule has 0 aliphatic carbocycles. The molecule has 0 fully saturated rings. The molecule has 6 heteroatoms. The number of rotatable bonds is 5.